The highest BCUT2D eigenvalue weighted by Crippen LogP contribution is 2.16. The molecule has 0 aliphatic rings. The van der Waals surface area contributed by atoms with Crippen LogP contribution in [-0.2, 0) is 9.63 Å². The average Bonchev–Trinajstić information content (AvgIpc) is 2.60. The van der Waals surface area contributed by atoms with Crippen molar-refractivity contribution in [3.8, 4) is 11.5 Å². The van der Waals surface area contributed by atoms with Crippen LogP contribution >= 0.6 is 0 Å². The molecule has 0 bridgehead atoms. The molecule has 1 N–H and O–H groups in total. The predicted octanol–water partition coefficient (Wildman–Crippen LogP) is 3.29. The Bertz CT molecular complexity index is 721. The molecule has 0 unspecified atom stereocenters. The third-order valence-corrected chi connectivity index (χ3v) is 2.93. The normalized spacial score (nSPS) is 10.7. The summed E-state index contributed by atoms with van der Waals surface area (Å²) in [5.41, 5.74) is 1.18. The molecule has 0 saturated carbocycles. The number of halogens is 2. The molecule has 132 valence electrons. The maximum Gasteiger partial charge on any atom is 0.387 e. The first-order chi connectivity index (χ1) is 12.1. The number of oxime groups is 1. The highest BCUT2D eigenvalue weighted by molar-refractivity contribution is 5.91. The number of ether oxygens (including phenoxy) is 2. The van der Waals surface area contributed by atoms with E-state index in [0.29, 0.717) is 17.0 Å². The summed E-state index contributed by atoms with van der Waals surface area (Å²) in [5, 5.41) is 6.28. The first kappa shape index (κ1) is 18.2. The lowest BCUT2D eigenvalue weighted by Crippen LogP contribution is -2.16. The highest BCUT2D eigenvalue weighted by atomic mass is 19.3. The maximum atomic E-state index is 12.0. The number of carbonyl (C=O) groups is 1. The van der Waals surface area contributed by atoms with Crippen LogP contribution in [0.1, 0.15) is 5.56 Å². The van der Waals surface area contributed by atoms with Crippen LogP contribution in [0.3, 0.4) is 0 Å². The molecule has 8 heteroatoms. The minimum Gasteiger partial charge on any atom is -0.497 e. The number of carbonyl (C=O) groups excluding carboxylic acids is 1. The van der Waals surface area contributed by atoms with E-state index in [1.807, 2.05) is 0 Å². The SMILES string of the molecule is COc1cccc(NC(=O)CO/N=C\c2ccc(OC(F)F)cc2)c1. The molecule has 1 amide bonds. The largest absolute Gasteiger partial charge is 0.497 e. The van der Waals surface area contributed by atoms with E-state index in [9.17, 15) is 13.6 Å². The lowest BCUT2D eigenvalue weighted by molar-refractivity contribution is -0.120. The fourth-order valence-electron chi connectivity index (χ4n) is 1.83. The van der Waals surface area contributed by atoms with Gasteiger partial charge in [0.15, 0.2) is 6.61 Å². The lowest BCUT2D eigenvalue weighted by Gasteiger charge is -2.06. The fourth-order valence-corrected chi connectivity index (χ4v) is 1.83. The van der Waals surface area contributed by atoms with Gasteiger partial charge in [-0.15, -0.1) is 0 Å². The van der Waals surface area contributed by atoms with E-state index < -0.39 is 6.61 Å². The van der Waals surface area contributed by atoms with Crippen LogP contribution in [0.4, 0.5) is 14.5 Å². The van der Waals surface area contributed by atoms with Crippen molar-refractivity contribution in [3.63, 3.8) is 0 Å². The number of benzene rings is 2. The Morgan fingerprint density at radius 3 is 2.64 bits per heavy atom. The summed E-state index contributed by atoms with van der Waals surface area (Å²) >= 11 is 0. The van der Waals surface area contributed by atoms with Crippen LogP contribution in [0.5, 0.6) is 11.5 Å². The Labute approximate surface area is 143 Å². The van der Waals surface area contributed by atoms with E-state index in [1.54, 1.807) is 24.3 Å². The van der Waals surface area contributed by atoms with Crippen molar-refractivity contribution in [2.24, 2.45) is 5.16 Å². The van der Waals surface area contributed by atoms with Crippen LogP contribution in [0, 0.1) is 0 Å². The predicted molar refractivity (Wildman–Crippen MR) is 88.2 cm³/mol. The van der Waals surface area contributed by atoms with Crippen LogP contribution in [0.25, 0.3) is 0 Å². The zero-order chi connectivity index (χ0) is 18.1. The van der Waals surface area contributed by atoms with Gasteiger partial charge in [0.2, 0.25) is 0 Å². The Balaban J connectivity index is 1.77. The number of nitrogens with one attached hydrogen (secondary N) is 1. The Kier molecular flexibility index (Phi) is 6.70. The van der Waals surface area contributed by atoms with Gasteiger partial charge in [-0.25, -0.2) is 0 Å². The van der Waals surface area contributed by atoms with Crippen LogP contribution in [0.2, 0.25) is 0 Å². The molecule has 2 rings (SSSR count). The summed E-state index contributed by atoms with van der Waals surface area (Å²) in [6, 6.07) is 12.7. The monoisotopic (exact) mass is 350 g/mol. The van der Waals surface area contributed by atoms with Gasteiger partial charge in [0, 0.05) is 11.8 Å². The molecule has 0 heterocycles. The summed E-state index contributed by atoms with van der Waals surface area (Å²) in [6.07, 6.45) is 1.35. The summed E-state index contributed by atoms with van der Waals surface area (Å²) in [6.45, 7) is -3.15. The van der Waals surface area contributed by atoms with Crippen molar-refractivity contribution in [2.45, 2.75) is 6.61 Å². The van der Waals surface area contributed by atoms with Gasteiger partial charge in [-0.2, -0.15) is 8.78 Å². The third kappa shape index (κ3) is 6.46. The topological polar surface area (TPSA) is 69.2 Å². The first-order valence-electron chi connectivity index (χ1n) is 7.21. The Morgan fingerprint density at radius 1 is 1.20 bits per heavy atom. The van der Waals surface area contributed by atoms with E-state index in [1.165, 1.54) is 37.6 Å². The number of nitrogens with zero attached hydrogens (tertiary/aromatic N) is 1. The maximum absolute atomic E-state index is 12.0. The number of rotatable bonds is 8. The molecule has 25 heavy (non-hydrogen) atoms. The molecule has 0 atom stereocenters. The number of anilines is 1. The van der Waals surface area contributed by atoms with Gasteiger partial charge < -0.3 is 19.6 Å². The van der Waals surface area contributed by atoms with Crippen LogP contribution in [-0.4, -0.2) is 32.4 Å². The fraction of sp³-hybridized carbons (Fsp3) is 0.176. The zero-order valence-electron chi connectivity index (χ0n) is 13.3. The Hall–Kier alpha value is -3.16. The third-order valence-electron chi connectivity index (χ3n) is 2.93. The number of hydrogen-bond acceptors (Lipinski definition) is 5. The zero-order valence-corrected chi connectivity index (χ0v) is 13.3. The van der Waals surface area contributed by atoms with E-state index in [0.717, 1.165) is 0 Å². The summed E-state index contributed by atoms with van der Waals surface area (Å²) in [4.78, 5) is 16.6. The number of alkyl halides is 2. The molecule has 0 fully saturated rings. The van der Waals surface area contributed by atoms with Crippen LogP contribution < -0.4 is 14.8 Å². The molecule has 0 aromatic heterocycles. The molecule has 0 radical (unpaired) electrons. The van der Waals surface area contributed by atoms with Gasteiger partial charge in [0.25, 0.3) is 5.91 Å². The molecule has 0 aliphatic heterocycles. The molecule has 6 nitrogen and oxygen atoms in total. The second-order valence-electron chi connectivity index (χ2n) is 4.74. The van der Waals surface area contributed by atoms with Crippen molar-refractivity contribution >= 4 is 17.8 Å². The van der Waals surface area contributed by atoms with E-state index >= 15 is 0 Å². The standard InChI is InChI=1S/C17H16F2N2O4/c1-23-15-4-2-3-13(9-15)21-16(22)11-24-20-10-12-5-7-14(8-6-12)25-17(18)19/h2-10,17H,11H2,1H3,(H,21,22)/b20-10-. The van der Waals surface area contributed by atoms with Gasteiger partial charge in [0.1, 0.15) is 11.5 Å². The minimum absolute atomic E-state index is 0.0470. The van der Waals surface area contributed by atoms with Crippen molar-refractivity contribution in [1.29, 1.82) is 0 Å². The van der Waals surface area contributed by atoms with E-state index in [2.05, 4.69) is 15.2 Å². The first-order valence-corrected chi connectivity index (χ1v) is 7.21. The van der Waals surface area contributed by atoms with Gasteiger partial charge in [0.05, 0.1) is 13.3 Å². The average molecular weight is 350 g/mol. The number of hydrogen-bond donors (Lipinski definition) is 1. The summed E-state index contributed by atoms with van der Waals surface area (Å²) in [5.74, 6) is 0.285. The van der Waals surface area contributed by atoms with Crippen molar-refractivity contribution in [1.82, 2.24) is 0 Å². The number of amides is 1. The number of methoxy groups -OCH3 is 1. The van der Waals surface area contributed by atoms with Gasteiger partial charge in [-0.1, -0.05) is 11.2 Å². The van der Waals surface area contributed by atoms with Crippen molar-refractivity contribution in [2.75, 3.05) is 19.0 Å². The van der Waals surface area contributed by atoms with Crippen molar-refractivity contribution in [3.05, 3.63) is 54.1 Å². The van der Waals surface area contributed by atoms with Gasteiger partial charge >= 0.3 is 6.61 Å². The second-order valence-corrected chi connectivity index (χ2v) is 4.74. The van der Waals surface area contributed by atoms with Crippen molar-refractivity contribution < 1.29 is 27.9 Å². The highest BCUT2D eigenvalue weighted by Gasteiger charge is 2.04. The molecule has 2 aromatic rings. The molecule has 0 aliphatic carbocycles. The molecular weight excluding hydrogens is 334 g/mol. The van der Waals surface area contributed by atoms with Crippen LogP contribution in [0.15, 0.2) is 53.7 Å². The van der Waals surface area contributed by atoms with Gasteiger partial charge in [-0.3, -0.25) is 4.79 Å². The quantitative estimate of drug-likeness (QED) is 0.586. The molecule has 0 spiro atoms. The van der Waals surface area contributed by atoms with E-state index in [-0.39, 0.29) is 18.3 Å². The minimum atomic E-state index is -2.87. The summed E-state index contributed by atoms with van der Waals surface area (Å²) in [7, 11) is 1.53. The van der Waals surface area contributed by atoms with Gasteiger partial charge in [-0.05, 0) is 42.0 Å². The summed E-state index contributed by atoms with van der Waals surface area (Å²) < 4.78 is 33.3. The molecule has 2 aromatic carbocycles. The second kappa shape index (κ2) is 9.21. The van der Waals surface area contributed by atoms with E-state index in [4.69, 9.17) is 9.57 Å². The lowest BCUT2D eigenvalue weighted by atomic mass is 10.2. The molecular formula is C17H16F2N2O4. The Morgan fingerprint density at radius 2 is 1.96 bits per heavy atom. The molecule has 0 saturated heterocycles. The smallest absolute Gasteiger partial charge is 0.387 e.